The Kier molecular flexibility index (Phi) is 4.40. The Labute approximate surface area is 156 Å². The molecule has 6 nitrogen and oxygen atoms in total. The highest BCUT2D eigenvalue weighted by Gasteiger charge is 2.72. The van der Waals surface area contributed by atoms with Crippen molar-refractivity contribution in [2.75, 3.05) is 5.75 Å². The summed E-state index contributed by atoms with van der Waals surface area (Å²) < 4.78 is 26.8. The standard InChI is InChI=1S/C19H31NO5S/c1-6-14(21)17(2,3)15(22)10-16(23)20-13-9-12-7-8-19(13,18(12,4)5)11-26(20,24)25/h12-13,15,22H,6-11H2,1-5H3/t12-,13-,15-,19-/m0/s1. The number of ketones is 1. The number of aliphatic hydroxyl groups excluding tert-OH is 1. The van der Waals surface area contributed by atoms with Gasteiger partial charge < -0.3 is 5.11 Å². The SMILES string of the molecule is CCC(=O)C(C)(C)[C@@H](O)CC(=O)N1[C@H]2C[C@@H]3CC[C@@]2(CS1(=O)=O)C3(C)C. The van der Waals surface area contributed by atoms with Crippen LogP contribution in [0.2, 0.25) is 0 Å². The number of fused-ring (bicyclic) bond motifs is 1. The summed E-state index contributed by atoms with van der Waals surface area (Å²) in [5, 5.41) is 10.5. The summed E-state index contributed by atoms with van der Waals surface area (Å²) in [6, 6.07) is -0.300. The maximum absolute atomic E-state index is 12.9. The number of carbonyl (C=O) groups excluding carboxylic acids is 2. The zero-order chi connectivity index (χ0) is 19.7. The zero-order valence-electron chi connectivity index (χ0n) is 16.4. The van der Waals surface area contributed by atoms with Crippen molar-refractivity contribution in [3.8, 4) is 0 Å². The van der Waals surface area contributed by atoms with E-state index in [4.69, 9.17) is 0 Å². The predicted octanol–water partition coefficient (Wildman–Crippen LogP) is 2.11. The monoisotopic (exact) mass is 385 g/mol. The van der Waals surface area contributed by atoms with Crippen molar-refractivity contribution >= 4 is 21.7 Å². The molecule has 0 radical (unpaired) electrons. The van der Waals surface area contributed by atoms with Gasteiger partial charge in [-0.2, -0.15) is 0 Å². The number of hydrogen-bond donors (Lipinski definition) is 1. The van der Waals surface area contributed by atoms with Gasteiger partial charge in [0.2, 0.25) is 15.9 Å². The first-order valence-corrected chi connectivity index (χ1v) is 11.2. The molecular formula is C19H31NO5S. The Morgan fingerprint density at radius 3 is 2.46 bits per heavy atom. The summed E-state index contributed by atoms with van der Waals surface area (Å²) in [5.41, 5.74) is -1.54. The first kappa shape index (κ1) is 19.8. The number of Topliss-reactive ketones (excluding diaryl/α,β-unsaturated/α-hetero) is 1. The molecule has 7 heteroatoms. The molecule has 0 aromatic carbocycles. The van der Waals surface area contributed by atoms with Gasteiger partial charge in [0.25, 0.3) is 0 Å². The fourth-order valence-corrected chi connectivity index (χ4v) is 8.33. The van der Waals surface area contributed by atoms with Crippen LogP contribution in [0.3, 0.4) is 0 Å². The van der Waals surface area contributed by atoms with Crippen molar-refractivity contribution in [3.05, 3.63) is 0 Å². The Balaban J connectivity index is 1.86. The van der Waals surface area contributed by atoms with E-state index in [1.54, 1.807) is 20.8 Å². The second-order valence-electron chi connectivity index (χ2n) is 9.53. The molecule has 1 N–H and O–H groups in total. The largest absolute Gasteiger partial charge is 0.392 e. The molecule has 0 aromatic heterocycles. The number of hydrogen-bond acceptors (Lipinski definition) is 5. The Morgan fingerprint density at radius 1 is 1.31 bits per heavy atom. The van der Waals surface area contributed by atoms with Crippen LogP contribution < -0.4 is 0 Å². The molecule has 0 unspecified atom stereocenters. The molecule has 0 aromatic rings. The lowest BCUT2D eigenvalue weighted by molar-refractivity contribution is -0.138. The van der Waals surface area contributed by atoms with Crippen molar-refractivity contribution < 1.29 is 23.1 Å². The maximum Gasteiger partial charge on any atom is 0.238 e. The zero-order valence-corrected chi connectivity index (χ0v) is 17.2. The normalized spacial score (nSPS) is 35.4. The van der Waals surface area contributed by atoms with Gasteiger partial charge >= 0.3 is 0 Å². The predicted molar refractivity (Wildman–Crippen MR) is 97.7 cm³/mol. The van der Waals surface area contributed by atoms with E-state index in [1.165, 1.54) is 0 Å². The topological polar surface area (TPSA) is 91.8 Å². The van der Waals surface area contributed by atoms with E-state index in [0.29, 0.717) is 12.3 Å². The van der Waals surface area contributed by atoms with Crippen molar-refractivity contribution in [1.29, 1.82) is 0 Å². The van der Waals surface area contributed by atoms with Gasteiger partial charge in [-0.05, 0) is 30.6 Å². The molecule has 1 amide bonds. The third-order valence-electron chi connectivity index (χ3n) is 7.90. The molecule has 3 fully saturated rings. The molecule has 2 aliphatic carbocycles. The highest BCUT2D eigenvalue weighted by molar-refractivity contribution is 7.90. The van der Waals surface area contributed by atoms with E-state index in [0.717, 1.165) is 17.1 Å². The van der Waals surface area contributed by atoms with Gasteiger partial charge in [0, 0.05) is 17.3 Å². The molecule has 1 heterocycles. The fourth-order valence-electron chi connectivity index (χ4n) is 5.77. The van der Waals surface area contributed by atoms with Gasteiger partial charge in [-0.1, -0.05) is 34.6 Å². The first-order chi connectivity index (χ1) is 11.8. The minimum Gasteiger partial charge on any atom is -0.392 e. The van der Waals surface area contributed by atoms with Crippen LogP contribution >= 0.6 is 0 Å². The summed E-state index contributed by atoms with van der Waals surface area (Å²) in [7, 11) is -3.69. The quantitative estimate of drug-likeness (QED) is 0.782. The van der Waals surface area contributed by atoms with Crippen LogP contribution in [-0.2, 0) is 19.6 Å². The van der Waals surface area contributed by atoms with E-state index in [-0.39, 0.29) is 41.2 Å². The van der Waals surface area contributed by atoms with Gasteiger partial charge in [-0.15, -0.1) is 0 Å². The molecule has 148 valence electrons. The molecule has 3 aliphatic rings. The lowest BCUT2D eigenvalue weighted by Gasteiger charge is -2.37. The number of amides is 1. The summed E-state index contributed by atoms with van der Waals surface area (Å²) in [6.45, 7) is 9.19. The second kappa shape index (κ2) is 5.77. The average molecular weight is 386 g/mol. The lowest BCUT2D eigenvalue weighted by Crippen LogP contribution is -2.47. The summed E-state index contributed by atoms with van der Waals surface area (Å²) in [6.07, 6.45) is 1.30. The van der Waals surface area contributed by atoms with E-state index in [2.05, 4.69) is 13.8 Å². The molecule has 3 rings (SSSR count). The summed E-state index contributed by atoms with van der Waals surface area (Å²) in [4.78, 5) is 25.0. The molecule has 4 atom stereocenters. The number of carbonyl (C=O) groups is 2. The van der Waals surface area contributed by atoms with Crippen LogP contribution in [0.1, 0.15) is 66.7 Å². The van der Waals surface area contributed by atoms with Crippen LogP contribution in [0.4, 0.5) is 0 Å². The third-order valence-corrected chi connectivity index (χ3v) is 9.84. The first-order valence-electron chi connectivity index (χ1n) is 9.57. The second-order valence-corrected chi connectivity index (χ2v) is 11.4. The van der Waals surface area contributed by atoms with Gasteiger partial charge in [0.05, 0.1) is 24.3 Å². The van der Waals surface area contributed by atoms with Gasteiger partial charge in [-0.3, -0.25) is 9.59 Å². The van der Waals surface area contributed by atoms with Crippen LogP contribution in [0, 0.1) is 22.2 Å². The maximum atomic E-state index is 12.9. The molecule has 26 heavy (non-hydrogen) atoms. The highest BCUT2D eigenvalue weighted by Crippen LogP contribution is 2.70. The van der Waals surface area contributed by atoms with Crippen LogP contribution in [0.25, 0.3) is 0 Å². The smallest absolute Gasteiger partial charge is 0.238 e. The molecular weight excluding hydrogens is 354 g/mol. The van der Waals surface area contributed by atoms with Crippen LogP contribution in [0.15, 0.2) is 0 Å². The number of rotatable bonds is 5. The van der Waals surface area contributed by atoms with Crippen molar-refractivity contribution in [2.24, 2.45) is 22.2 Å². The van der Waals surface area contributed by atoms with Crippen LogP contribution in [0.5, 0.6) is 0 Å². The molecule has 1 spiro atoms. The summed E-state index contributed by atoms with van der Waals surface area (Å²) >= 11 is 0. The molecule has 1 saturated heterocycles. The van der Waals surface area contributed by atoms with E-state index in [1.807, 2.05) is 0 Å². The van der Waals surface area contributed by atoms with Gasteiger partial charge in [0.15, 0.2) is 0 Å². The average Bonchev–Trinajstić information content (AvgIpc) is 3.00. The summed E-state index contributed by atoms with van der Waals surface area (Å²) in [5.74, 6) is -0.256. The number of aliphatic hydroxyl groups is 1. The minimum atomic E-state index is -3.69. The Bertz CT molecular complexity index is 741. The molecule has 2 bridgehead atoms. The van der Waals surface area contributed by atoms with Gasteiger partial charge in [-0.25, -0.2) is 12.7 Å². The molecule has 1 aliphatic heterocycles. The minimum absolute atomic E-state index is 0.0211. The lowest BCUT2D eigenvalue weighted by atomic mass is 9.69. The number of sulfonamides is 1. The van der Waals surface area contributed by atoms with Crippen molar-refractivity contribution in [2.45, 2.75) is 78.9 Å². The number of nitrogens with zero attached hydrogens (tertiary/aromatic N) is 1. The fraction of sp³-hybridized carbons (Fsp3) is 0.895. The Morgan fingerprint density at radius 2 is 1.92 bits per heavy atom. The van der Waals surface area contributed by atoms with Crippen molar-refractivity contribution in [1.82, 2.24) is 4.31 Å². The third kappa shape index (κ3) is 2.42. The van der Waals surface area contributed by atoms with E-state index >= 15 is 0 Å². The molecule has 2 saturated carbocycles. The van der Waals surface area contributed by atoms with Crippen molar-refractivity contribution in [3.63, 3.8) is 0 Å². The van der Waals surface area contributed by atoms with Crippen LogP contribution in [-0.4, -0.2) is 47.4 Å². The Hall–Kier alpha value is -0.950. The van der Waals surface area contributed by atoms with Gasteiger partial charge in [0.1, 0.15) is 5.78 Å². The van der Waals surface area contributed by atoms with E-state index in [9.17, 15) is 23.1 Å². The highest BCUT2D eigenvalue weighted by atomic mass is 32.2. The van der Waals surface area contributed by atoms with E-state index < -0.39 is 27.4 Å².